The summed E-state index contributed by atoms with van der Waals surface area (Å²) in [5, 5.41) is 10.3. The van der Waals surface area contributed by atoms with Gasteiger partial charge in [0.25, 0.3) is 5.91 Å². The van der Waals surface area contributed by atoms with Crippen LogP contribution in [0.2, 0.25) is 5.02 Å². The Morgan fingerprint density at radius 3 is 2.24 bits per heavy atom. The van der Waals surface area contributed by atoms with Gasteiger partial charge in [0.2, 0.25) is 0 Å². The van der Waals surface area contributed by atoms with Crippen LogP contribution in [0.25, 0.3) is 0 Å². The molecule has 0 spiro atoms. The first-order valence-corrected chi connectivity index (χ1v) is 9.20. The van der Waals surface area contributed by atoms with Gasteiger partial charge in [0, 0.05) is 35.2 Å². The van der Waals surface area contributed by atoms with Crippen LogP contribution >= 0.6 is 27.5 Å². The number of aromatic hydroxyl groups is 1. The zero-order valence-corrected chi connectivity index (χ0v) is 15.8. The summed E-state index contributed by atoms with van der Waals surface area (Å²) in [6.45, 7) is 1.05. The van der Waals surface area contributed by atoms with Gasteiger partial charge in [0.15, 0.2) is 5.78 Å². The van der Waals surface area contributed by atoms with Crippen molar-refractivity contribution in [1.82, 2.24) is 4.90 Å². The van der Waals surface area contributed by atoms with Gasteiger partial charge in [-0.2, -0.15) is 0 Å². The average Bonchev–Trinajstić information content (AvgIpc) is 2.63. The molecule has 4 nitrogen and oxygen atoms in total. The van der Waals surface area contributed by atoms with Crippen LogP contribution in [0.15, 0.2) is 46.9 Å². The maximum atomic E-state index is 12.6. The minimum atomic E-state index is -0.125. The molecule has 1 fully saturated rings. The van der Waals surface area contributed by atoms with E-state index < -0.39 is 0 Å². The van der Waals surface area contributed by atoms with E-state index in [-0.39, 0.29) is 23.4 Å². The lowest BCUT2D eigenvalue weighted by atomic mass is 9.88. The molecular weight excluding hydrogens is 406 g/mol. The highest BCUT2D eigenvalue weighted by molar-refractivity contribution is 9.10. The summed E-state index contributed by atoms with van der Waals surface area (Å²) in [7, 11) is 0. The number of nitrogens with zero attached hydrogens (tertiary/aromatic N) is 1. The van der Waals surface area contributed by atoms with E-state index in [9.17, 15) is 14.7 Å². The number of carbonyl (C=O) groups is 2. The Labute approximate surface area is 159 Å². The van der Waals surface area contributed by atoms with Crippen LogP contribution in [0, 0.1) is 5.92 Å². The Morgan fingerprint density at radius 2 is 1.64 bits per heavy atom. The Kier molecular flexibility index (Phi) is 5.45. The fourth-order valence-corrected chi connectivity index (χ4v) is 3.40. The standard InChI is InChI=1S/C19H17BrClNO3/c20-16-6-3-14(11-17(16)23)19(25)22-9-7-13(8-10-22)18(24)12-1-4-15(21)5-2-12/h1-6,11,13,23H,7-10H2. The number of phenolic OH excluding ortho intramolecular Hbond substituents is 1. The number of benzene rings is 2. The minimum Gasteiger partial charge on any atom is -0.507 e. The van der Waals surface area contributed by atoms with Crippen molar-refractivity contribution >= 4 is 39.2 Å². The highest BCUT2D eigenvalue weighted by Gasteiger charge is 2.28. The molecule has 1 amide bonds. The molecule has 1 aliphatic heterocycles. The molecule has 0 bridgehead atoms. The van der Waals surface area contributed by atoms with Gasteiger partial charge >= 0.3 is 0 Å². The third kappa shape index (κ3) is 4.05. The van der Waals surface area contributed by atoms with E-state index in [0.717, 1.165) is 0 Å². The van der Waals surface area contributed by atoms with Crippen molar-refractivity contribution in [1.29, 1.82) is 0 Å². The van der Waals surface area contributed by atoms with Crippen molar-refractivity contribution in [3.8, 4) is 5.75 Å². The van der Waals surface area contributed by atoms with E-state index in [2.05, 4.69) is 15.9 Å². The Bertz CT molecular complexity index is 799. The van der Waals surface area contributed by atoms with E-state index in [1.165, 1.54) is 6.07 Å². The number of hydrogen-bond acceptors (Lipinski definition) is 3. The first-order chi connectivity index (χ1) is 12.0. The number of piperidine rings is 1. The highest BCUT2D eigenvalue weighted by Crippen LogP contribution is 2.27. The fourth-order valence-electron chi connectivity index (χ4n) is 3.02. The van der Waals surface area contributed by atoms with Gasteiger partial charge in [-0.1, -0.05) is 11.6 Å². The zero-order valence-electron chi connectivity index (χ0n) is 13.4. The molecule has 1 heterocycles. The lowest BCUT2D eigenvalue weighted by molar-refractivity contribution is 0.0650. The Morgan fingerprint density at radius 1 is 1.04 bits per heavy atom. The van der Waals surface area contributed by atoms with Gasteiger partial charge in [-0.25, -0.2) is 0 Å². The van der Waals surface area contributed by atoms with Gasteiger partial charge in [-0.15, -0.1) is 0 Å². The highest BCUT2D eigenvalue weighted by atomic mass is 79.9. The molecule has 0 unspecified atom stereocenters. The van der Waals surface area contributed by atoms with Gasteiger partial charge in [0.1, 0.15) is 5.75 Å². The zero-order chi connectivity index (χ0) is 18.0. The predicted molar refractivity (Wildman–Crippen MR) is 100 cm³/mol. The molecule has 0 atom stereocenters. The van der Waals surface area contributed by atoms with Crippen molar-refractivity contribution in [3.05, 3.63) is 63.1 Å². The second kappa shape index (κ2) is 7.58. The summed E-state index contributed by atoms with van der Waals surface area (Å²) < 4.78 is 0.552. The number of hydrogen-bond donors (Lipinski definition) is 1. The minimum absolute atomic E-state index is 0.0404. The largest absolute Gasteiger partial charge is 0.507 e. The Hall–Kier alpha value is -1.85. The molecule has 25 heavy (non-hydrogen) atoms. The Balaban J connectivity index is 1.63. The average molecular weight is 423 g/mol. The number of amides is 1. The molecule has 2 aromatic rings. The summed E-state index contributed by atoms with van der Waals surface area (Å²) in [5.41, 5.74) is 1.11. The molecule has 0 aromatic heterocycles. The molecule has 1 saturated heterocycles. The third-order valence-electron chi connectivity index (χ3n) is 4.47. The maximum Gasteiger partial charge on any atom is 0.253 e. The van der Waals surface area contributed by atoms with E-state index in [1.807, 2.05) is 0 Å². The van der Waals surface area contributed by atoms with Gasteiger partial charge in [-0.3, -0.25) is 9.59 Å². The third-order valence-corrected chi connectivity index (χ3v) is 5.40. The summed E-state index contributed by atoms with van der Waals surface area (Å²) in [6, 6.07) is 11.7. The molecule has 0 aliphatic carbocycles. The predicted octanol–water partition coefficient (Wildman–Crippen LogP) is 4.54. The normalized spacial score (nSPS) is 15.2. The van der Waals surface area contributed by atoms with Gasteiger partial charge in [-0.05, 0) is 71.2 Å². The van der Waals surface area contributed by atoms with Crippen molar-refractivity contribution < 1.29 is 14.7 Å². The van der Waals surface area contributed by atoms with Crippen LogP contribution in [-0.2, 0) is 0 Å². The van der Waals surface area contributed by atoms with Crippen LogP contribution < -0.4 is 0 Å². The van der Waals surface area contributed by atoms with Crippen LogP contribution in [0.1, 0.15) is 33.6 Å². The van der Waals surface area contributed by atoms with Gasteiger partial charge < -0.3 is 10.0 Å². The maximum absolute atomic E-state index is 12.6. The van der Waals surface area contributed by atoms with Crippen LogP contribution in [0.3, 0.4) is 0 Å². The number of likely N-dealkylation sites (tertiary alicyclic amines) is 1. The summed E-state index contributed by atoms with van der Waals surface area (Å²) in [6.07, 6.45) is 1.27. The molecule has 1 aliphatic rings. The quantitative estimate of drug-likeness (QED) is 0.739. The van der Waals surface area contributed by atoms with Gasteiger partial charge in [0.05, 0.1) is 4.47 Å². The number of phenols is 1. The van der Waals surface area contributed by atoms with Crippen molar-refractivity contribution in [3.63, 3.8) is 0 Å². The van der Waals surface area contributed by atoms with E-state index in [4.69, 9.17) is 11.6 Å². The van der Waals surface area contributed by atoms with E-state index >= 15 is 0 Å². The molecule has 0 saturated carbocycles. The molecule has 130 valence electrons. The van der Waals surface area contributed by atoms with Crippen LogP contribution in [-0.4, -0.2) is 34.8 Å². The van der Waals surface area contributed by atoms with Crippen molar-refractivity contribution in [2.45, 2.75) is 12.8 Å². The second-order valence-electron chi connectivity index (χ2n) is 6.10. The summed E-state index contributed by atoms with van der Waals surface area (Å²) in [4.78, 5) is 26.8. The topological polar surface area (TPSA) is 57.6 Å². The first-order valence-electron chi connectivity index (χ1n) is 8.03. The summed E-state index contributed by atoms with van der Waals surface area (Å²) in [5.74, 6) is -0.0626. The molecule has 3 rings (SSSR count). The monoisotopic (exact) mass is 421 g/mol. The van der Waals surface area contributed by atoms with E-state index in [0.29, 0.717) is 46.6 Å². The first kappa shape index (κ1) is 18.0. The van der Waals surface area contributed by atoms with Crippen molar-refractivity contribution in [2.75, 3.05) is 13.1 Å². The molecule has 1 N–H and O–H groups in total. The lowest BCUT2D eigenvalue weighted by Gasteiger charge is -2.31. The summed E-state index contributed by atoms with van der Waals surface area (Å²) >= 11 is 9.06. The lowest BCUT2D eigenvalue weighted by Crippen LogP contribution is -2.40. The molecular formula is C19H17BrClNO3. The van der Waals surface area contributed by atoms with Crippen molar-refractivity contribution in [2.24, 2.45) is 5.92 Å². The smallest absolute Gasteiger partial charge is 0.253 e. The number of rotatable bonds is 3. The number of carbonyl (C=O) groups excluding carboxylic acids is 2. The number of halogens is 2. The number of ketones is 1. The second-order valence-corrected chi connectivity index (χ2v) is 7.39. The number of Topliss-reactive ketones (excluding diaryl/α,β-unsaturated/α-hetero) is 1. The fraction of sp³-hybridized carbons (Fsp3) is 0.263. The molecule has 0 radical (unpaired) electrons. The SMILES string of the molecule is O=C(c1ccc(Cl)cc1)C1CCN(C(=O)c2ccc(Br)c(O)c2)CC1. The van der Waals surface area contributed by atoms with E-state index in [1.54, 1.807) is 41.3 Å². The molecule has 2 aromatic carbocycles. The van der Waals surface area contributed by atoms with Crippen LogP contribution in [0.5, 0.6) is 5.75 Å². The molecule has 6 heteroatoms. The van der Waals surface area contributed by atoms with Crippen LogP contribution in [0.4, 0.5) is 0 Å².